The molecule has 1 aliphatic rings. The molecule has 3 aromatic rings. The molecule has 0 radical (unpaired) electrons. The number of fused-ring (bicyclic) bond motifs is 2. The Balaban J connectivity index is 1.77. The van der Waals surface area contributed by atoms with E-state index in [1.807, 2.05) is 12.1 Å². The third kappa shape index (κ3) is 2.23. The van der Waals surface area contributed by atoms with Crippen molar-refractivity contribution in [2.24, 2.45) is 0 Å². The number of benzene rings is 2. The molecule has 1 aromatic heterocycles. The van der Waals surface area contributed by atoms with Crippen LogP contribution in [0.15, 0.2) is 53.9 Å². The number of para-hydroxylation sites is 1. The van der Waals surface area contributed by atoms with Crippen LogP contribution in [0.2, 0.25) is 0 Å². The largest absolute Gasteiger partial charge is 0.493 e. The number of hydrogen-bond donors (Lipinski definition) is 0. The summed E-state index contributed by atoms with van der Waals surface area (Å²) in [5.74, 6) is 1.30. The number of hydrogen-bond acceptors (Lipinski definition) is 2. The third-order valence-corrected chi connectivity index (χ3v) is 5.69. The molecule has 21 heavy (non-hydrogen) atoms. The van der Waals surface area contributed by atoms with Gasteiger partial charge in [-0.15, -0.1) is 22.9 Å². The fourth-order valence-electron chi connectivity index (χ4n) is 3.10. The SMILES string of the molecule is ClC(c1csc2ccccc12)C1CCOc2ccccc21. The minimum absolute atomic E-state index is 0.00815. The van der Waals surface area contributed by atoms with Crippen molar-refractivity contribution in [3.05, 3.63) is 65.0 Å². The molecule has 2 aromatic carbocycles. The molecular weight excluding hydrogens is 300 g/mol. The molecular formula is C18H15ClOS. The van der Waals surface area contributed by atoms with E-state index >= 15 is 0 Å². The van der Waals surface area contributed by atoms with Gasteiger partial charge in [-0.2, -0.15) is 0 Å². The molecule has 0 N–H and O–H groups in total. The molecule has 2 heterocycles. The summed E-state index contributed by atoms with van der Waals surface area (Å²) in [6.07, 6.45) is 0.968. The van der Waals surface area contributed by atoms with Crippen LogP contribution in [0, 0.1) is 0 Å². The van der Waals surface area contributed by atoms with Crippen LogP contribution in [0.3, 0.4) is 0 Å². The zero-order valence-electron chi connectivity index (χ0n) is 11.5. The monoisotopic (exact) mass is 314 g/mol. The van der Waals surface area contributed by atoms with Gasteiger partial charge in [0.1, 0.15) is 5.75 Å². The molecule has 2 unspecified atom stereocenters. The van der Waals surface area contributed by atoms with Gasteiger partial charge in [-0.3, -0.25) is 0 Å². The molecule has 3 heteroatoms. The smallest absolute Gasteiger partial charge is 0.122 e. The van der Waals surface area contributed by atoms with E-state index < -0.39 is 0 Å². The first kappa shape index (κ1) is 13.2. The zero-order valence-corrected chi connectivity index (χ0v) is 13.0. The summed E-state index contributed by atoms with van der Waals surface area (Å²) in [5, 5.41) is 3.48. The normalized spacial score (nSPS) is 19.0. The Morgan fingerprint density at radius 1 is 1.10 bits per heavy atom. The molecule has 106 valence electrons. The minimum Gasteiger partial charge on any atom is -0.493 e. The van der Waals surface area contributed by atoms with Crippen LogP contribution in [-0.4, -0.2) is 6.61 Å². The Hall–Kier alpha value is -1.51. The van der Waals surface area contributed by atoms with E-state index in [2.05, 4.69) is 41.8 Å². The summed E-state index contributed by atoms with van der Waals surface area (Å²) in [5.41, 5.74) is 2.48. The standard InChI is InChI=1S/C18H15ClOS/c19-18(15-11-21-17-8-4-2-6-13(15)17)14-9-10-20-16-7-3-1-5-12(14)16/h1-8,11,14,18H,9-10H2. The highest BCUT2D eigenvalue weighted by Gasteiger charge is 2.29. The summed E-state index contributed by atoms with van der Waals surface area (Å²) in [6, 6.07) is 16.8. The zero-order chi connectivity index (χ0) is 14.2. The molecule has 1 nitrogen and oxygen atoms in total. The van der Waals surface area contributed by atoms with Gasteiger partial charge in [0.2, 0.25) is 0 Å². The second kappa shape index (κ2) is 5.36. The van der Waals surface area contributed by atoms with Gasteiger partial charge in [0.15, 0.2) is 0 Å². The lowest BCUT2D eigenvalue weighted by molar-refractivity contribution is 0.265. The van der Waals surface area contributed by atoms with Gasteiger partial charge >= 0.3 is 0 Å². The molecule has 4 rings (SSSR count). The van der Waals surface area contributed by atoms with Gasteiger partial charge in [-0.1, -0.05) is 36.4 Å². The van der Waals surface area contributed by atoms with Gasteiger partial charge in [0, 0.05) is 10.6 Å². The summed E-state index contributed by atoms with van der Waals surface area (Å²) < 4.78 is 7.06. The van der Waals surface area contributed by atoms with Gasteiger partial charge in [-0.25, -0.2) is 0 Å². The van der Waals surface area contributed by atoms with Crippen molar-refractivity contribution in [2.75, 3.05) is 6.61 Å². The summed E-state index contributed by atoms with van der Waals surface area (Å²) in [4.78, 5) is 0. The van der Waals surface area contributed by atoms with Crippen LogP contribution in [0.1, 0.15) is 28.8 Å². The molecule has 0 amide bonds. The average Bonchev–Trinajstić information content (AvgIpc) is 2.98. The van der Waals surface area contributed by atoms with E-state index in [1.165, 1.54) is 21.2 Å². The van der Waals surface area contributed by atoms with Crippen molar-refractivity contribution in [1.82, 2.24) is 0 Å². The number of ether oxygens (including phenoxy) is 1. The van der Waals surface area contributed by atoms with Crippen molar-refractivity contribution in [1.29, 1.82) is 0 Å². The molecule has 1 aliphatic heterocycles. The maximum atomic E-state index is 6.88. The fraction of sp³-hybridized carbons (Fsp3) is 0.222. The summed E-state index contributed by atoms with van der Waals surface area (Å²) >= 11 is 8.66. The maximum Gasteiger partial charge on any atom is 0.122 e. The van der Waals surface area contributed by atoms with Crippen molar-refractivity contribution >= 4 is 33.0 Å². The van der Waals surface area contributed by atoms with Crippen molar-refractivity contribution in [3.63, 3.8) is 0 Å². The van der Waals surface area contributed by atoms with Crippen LogP contribution in [-0.2, 0) is 0 Å². The highest BCUT2D eigenvalue weighted by atomic mass is 35.5. The molecule has 0 aliphatic carbocycles. The average molecular weight is 315 g/mol. The van der Waals surface area contributed by atoms with E-state index in [0.29, 0.717) is 5.92 Å². The van der Waals surface area contributed by atoms with Crippen LogP contribution in [0.25, 0.3) is 10.1 Å². The van der Waals surface area contributed by atoms with Crippen molar-refractivity contribution in [2.45, 2.75) is 17.7 Å². The van der Waals surface area contributed by atoms with Crippen molar-refractivity contribution < 1.29 is 4.74 Å². The molecule has 0 saturated carbocycles. The van der Waals surface area contributed by atoms with E-state index in [0.717, 1.165) is 18.8 Å². The topological polar surface area (TPSA) is 9.23 Å². The van der Waals surface area contributed by atoms with E-state index in [4.69, 9.17) is 16.3 Å². The predicted molar refractivity (Wildman–Crippen MR) is 89.7 cm³/mol. The Bertz CT molecular complexity index is 779. The molecule has 0 spiro atoms. The highest BCUT2D eigenvalue weighted by molar-refractivity contribution is 7.17. The molecule has 0 bridgehead atoms. The Kier molecular flexibility index (Phi) is 3.36. The van der Waals surface area contributed by atoms with Crippen LogP contribution in [0.4, 0.5) is 0 Å². The third-order valence-electron chi connectivity index (χ3n) is 4.17. The number of halogens is 1. The lowest BCUT2D eigenvalue weighted by Gasteiger charge is -2.29. The predicted octanol–water partition coefficient (Wildman–Crippen LogP) is 5.75. The Morgan fingerprint density at radius 2 is 1.90 bits per heavy atom. The van der Waals surface area contributed by atoms with Crippen LogP contribution < -0.4 is 4.74 Å². The van der Waals surface area contributed by atoms with E-state index in [-0.39, 0.29) is 5.38 Å². The lowest BCUT2D eigenvalue weighted by atomic mass is 9.87. The van der Waals surface area contributed by atoms with Crippen LogP contribution in [0.5, 0.6) is 5.75 Å². The molecule has 0 fully saturated rings. The first-order chi connectivity index (χ1) is 10.3. The second-order valence-corrected chi connectivity index (χ2v) is 6.75. The minimum atomic E-state index is -0.00815. The maximum absolute atomic E-state index is 6.88. The highest BCUT2D eigenvalue weighted by Crippen LogP contribution is 2.47. The van der Waals surface area contributed by atoms with Crippen molar-refractivity contribution in [3.8, 4) is 5.75 Å². The van der Waals surface area contributed by atoms with Gasteiger partial charge in [0.25, 0.3) is 0 Å². The fourth-order valence-corrected chi connectivity index (χ4v) is 4.62. The van der Waals surface area contributed by atoms with E-state index in [1.54, 1.807) is 11.3 Å². The number of rotatable bonds is 2. The van der Waals surface area contributed by atoms with Gasteiger partial charge in [-0.05, 0) is 40.4 Å². The number of thiophene rings is 1. The lowest BCUT2D eigenvalue weighted by Crippen LogP contribution is -2.17. The van der Waals surface area contributed by atoms with Gasteiger partial charge < -0.3 is 4.74 Å². The quantitative estimate of drug-likeness (QED) is 0.547. The molecule has 2 atom stereocenters. The number of alkyl halides is 1. The second-order valence-electron chi connectivity index (χ2n) is 5.37. The van der Waals surface area contributed by atoms with Crippen LogP contribution >= 0.6 is 22.9 Å². The first-order valence-corrected chi connectivity index (χ1v) is 8.48. The Morgan fingerprint density at radius 3 is 2.86 bits per heavy atom. The summed E-state index contributed by atoms with van der Waals surface area (Å²) in [7, 11) is 0. The summed E-state index contributed by atoms with van der Waals surface area (Å²) in [6.45, 7) is 0.743. The Labute approximate surface area is 133 Å². The van der Waals surface area contributed by atoms with Gasteiger partial charge in [0.05, 0.1) is 12.0 Å². The molecule has 0 saturated heterocycles. The van der Waals surface area contributed by atoms with E-state index in [9.17, 15) is 0 Å². The first-order valence-electron chi connectivity index (χ1n) is 7.16.